The summed E-state index contributed by atoms with van der Waals surface area (Å²) < 4.78 is 22.5. The van der Waals surface area contributed by atoms with Gasteiger partial charge in [0.05, 0.1) is 19.5 Å². The molecular weight excluding hydrogens is 356 g/mol. The normalized spacial score (nSPS) is 11.6. The summed E-state index contributed by atoms with van der Waals surface area (Å²) in [6.07, 6.45) is 2.26. The number of ether oxygens (including phenoxy) is 2. The molecule has 0 aliphatic carbocycles. The molecule has 26 heavy (non-hydrogen) atoms. The van der Waals surface area contributed by atoms with Gasteiger partial charge < -0.3 is 19.8 Å². The van der Waals surface area contributed by atoms with Crippen LogP contribution in [-0.2, 0) is 21.3 Å². The largest absolute Gasteiger partial charge is 0.497 e. The van der Waals surface area contributed by atoms with Gasteiger partial charge in [-0.2, -0.15) is 0 Å². The fourth-order valence-corrected chi connectivity index (χ4v) is 3.13. The second-order valence-corrected chi connectivity index (χ2v) is 7.00. The van der Waals surface area contributed by atoms with Gasteiger partial charge in [-0.15, -0.1) is 0 Å². The molecule has 8 heteroatoms. The minimum atomic E-state index is -1.45. The monoisotopic (exact) mass is 378 g/mol. The van der Waals surface area contributed by atoms with Crippen LogP contribution in [0.1, 0.15) is 19.0 Å². The van der Waals surface area contributed by atoms with Crippen molar-refractivity contribution in [3.05, 3.63) is 52.4 Å². The van der Waals surface area contributed by atoms with E-state index in [1.165, 1.54) is 12.3 Å². The molecule has 0 aliphatic rings. The molecule has 0 spiro atoms. The lowest BCUT2D eigenvalue weighted by Crippen LogP contribution is -2.21. The zero-order chi connectivity index (χ0) is 18.9. The van der Waals surface area contributed by atoms with Crippen LogP contribution in [-0.4, -0.2) is 34.6 Å². The van der Waals surface area contributed by atoms with Crippen LogP contribution in [0.2, 0.25) is 0 Å². The van der Waals surface area contributed by atoms with Gasteiger partial charge in [0, 0.05) is 34.4 Å². The van der Waals surface area contributed by atoms with E-state index in [1.807, 2.05) is 6.92 Å². The lowest BCUT2D eigenvalue weighted by molar-refractivity contribution is -0.113. The number of carbonyl (C=O) groups is 1. The Balaban J connectivity index is 1.88. The number of methoxy groups -OCH3 is 1. The number of pyridine rings is 1. The van der Waals surface area contributed by atoms with Gasteiger partial charge in [-0.05, 0) is 30.7 Å². The molecule has 1 heterocycles. The summed E-state index contributed by atoms with van der Waals surface area (Å²) in [6, 6.07) is 8.20. The fourth-order valence-electron chi connectivity index (χ4n) is 2.15. The van der Waals surface area contributed by atoms with Crippen molar-refractivity contribution in [3.8, 4) is 11.5 Å². The van der Waals surface area contributed by atoms with Gasteiger partial charge in [0.2, 0.25) is 11.3 Å². The van der Waals surface area contributed by atoms with Crippen LogP contribution in [0.5, 0.6) is 11.5 Å². The molecule has 1 unspecified atom stereocenters. The van der Waals surface area contributed by atoms with Crippen LogP contribution in [0.3, 0.4) is 0 Å². The van der Waals surface area contributed by atoms with Crippen molar-refractivity contribution in [2.45, 2.75) is 19.1 Å². The summed E-state index contributed by atoms with van der Waals surface area (Å²) in [4.78, 5) is 26.8. The van der Waals surface area contributed by atoms with Crippen LogP contribution in [0, 0.1) is 0 Å². The highest BCUT2D eigenvalue weighted by atomic mass is 32.2. The number of amides is 1. The third-order valence-electron chi connectivity index (χ3n) is 3.38. The molecule has 2 N–H and O–H groups in total. The molecule has 1 atom stereocenters. The third-order valence-corrected chi connectivity index (χ3v) is 4.60. The van der Waals surface area contributed by atoms with Gasteiger partial charge in [-0.1, -0.05) is 6.92 Å². The molecule has 0 saturated carbocycles. The molecule has 2 aromatic rings. The molecule has 0 radical (unpaired) electrons. The first-order valence-electron chi connectivity index (χ1n) is 8.15. The number of benzene rings is 1. The number of aromatic nitrogens is 1. The number of nitrogens with one attached hydrogen (secondary N) is 2. The summed E-state index contributed by atoms with van der Waals surface area (Å²) in [6.45, 7) is 2.41. The highest BCUT2D eigenvalue weighted by Gasteiger charge is 2.11. The predicted molar refractivity (Wildman–Crippen MR) is 101 cm³/mol. The van der Waals surface area contributed by atoms with E-state index < -0.39 is 10.8 Å². The van der Waals surface area contributed by atoms with Crippen molar-refractivity contribution in [3.63, 3.8) is 0 Å². The molecule has 0 aliphatic heterocycles. The molecule has 2 rings (SSSR count). The number of aromatic amines is 1. The van der Waals surface area contributed by atoms with E-state index in [0.717, 1.165) is 6.42 Å². The number of rotatable bonds is 9. The Morgan fingerprint density at radius 3 is 2.62 bits per heavy atom. The number of hydrogen-bond acceptors (Lipinski definition) is 5. The van der Waals surface area contributed by atoms with Crippen LogP contribution in [0.25, 0.3) is 0 Å². The maximum atomic E-state index is 12.2. The number of hydrogen-bond donors (Lipinski definition) is 2. The zero-order valence-electron chi connectivity index (χ0n) is 14.7. The van der Waals surface area contributed by atoms with Crippen molar-refractivity contribution in [2.24, 2.45) is 0 Å². The van der Waals surface area contributed by atoms with Crippen LogP contribution in [0.15, 0.2) is 41.3 Å². The van der Waals surface area contributed by atoms with Gasteiger partial charge in [-0.25, -0.2) is 0 Å². The van der Waals surface area contributed by atoms with Gasteiger partial charge in [-0.3, -0.25) is 13.8 Å². The Kier molecular flexibility index (Phi) is 7.40. The number of H-pyrrole nitrogens is 1. The summed E-state index contributed by atoms with van der Waals surface area (Å²) in [7, 11) is 0.110. The number of anilines is 1. The van der Waals surface area contributed by atoms with Crippen molar-refractivity contribution < 1.29 is 18.5 Å². The first-order valence-corrected chi connectivity index (χ1v) is 9.64. The first kappa shape index (κ1) is 19.7. The smallest absolute Gasteiger partial charge is 0.237 e. The highest BCUT2D eigenvalue weighted by Crippen LogP contribution is 2.15. The van der Waals surface area contributed by atoms with E-state index in [0.29, 0.717) is 23.7 Å². The van der Waals surface area contributed by atoms with Gasteiger partial charge in [0.25, 0.3) is 0 Å². The van der Waals surface area contributed by atoms with E-state index in [2.05, 4.69) is 10.3 Å². The summed E-state index contributed by atoms with van der Waals surface area (Å²) in [5.41, 5.74) is 0.819. The molecule has 1 aromatic heterocycles. The van der Waals surface area contributed by atoms with Gasteiger partial charge in [0.1, 0.15) is 11.5 Å². The van der Waals surface area contributed by atoms with Crippen molar-refractivity contribution in [2.75, 3.05) is 24.8 Å². The summed E-state index contributed by atoms with van der Waals surface area (Å²) in [5, 5.41) is 2.67. The molecule has 140 valence electrons. The van der Waals surface area contributed by atoms with Gasteiger partial charge in [0.15, 0.2) is 5.75 Å². The summed E-state index contributed by atoms with van der Waals surface area (Å²) >= 11 is 0. The Morgan fingerprint density at radius 2 is 2.00 bits per heavy atom. The standard InChI is InChI=1S/C18H22N2O5S/c1-3-8-25-17-10-19-14(9-16(17)21)11-26(23)12-18(22)20-13-4-6-15(24-2)7-5-13/h4-7,9-10H,3,8,11-12H2,1-2H3,(H,19,21)(H,20,22). The molecule has 0 fully saturated rings. The maximum Gasteiger partial charge on any atom is 0.237 e. The lowest BCUT2D eigenvalue weighted by Gasteiger charge is -2.07. The van der Waals surface area contributed by atoms with Crippen LogP contribution >= 0.6 is 0 Å². The topological polar surface area (TPSA) is 97.5 Å². The first-order chi connectivity index (χ1) is 12.5. The SMILES string of the molecule is CCCOc1c[nH]c(CS(=O)CC(=O)Nc2ccc(OC)cc2)cc1=O. The molecular formula is C18H22N2O5S. The average Bonchev–Trinajstić information content (AvgIpc) is 2.61. The average molecular weight is 378 g/mol. The van der Waals surface area contributed by atoms with E-state index in [1.54, 1.807) is 31.4 Å². The lowest BCUT2D eigenvalue weighted by atomic mass is 10.3. The Morgan fingerprint density at radius 1 is 1.27 bits per heavy atom. The second-order valence-electron chi connectivity index (χ2n) is 5.54. The fraction of sp³-hybridized carbons (Fsp3) is 0.333. The summed E-state index contributed by atoms with van der Waals surface area (Å²) in [5.74, 6) is 0.473. The van der Waals surface area contributed by atoms with Crippen molar-refractivity contribution >= 4 is 22.4 Å². The predicted octanol–water partition coefficient (Wildman–Crippen LogP) is 2.06. The highest BCUT2D eigenvalue weighted by molar-refractivity contribution is 7.84. The van der Waals surface area contributed by atoms with Crippen molar-refractivity contribution in [1.29, 1.82) is 0 Å². The zero-order valence-corrected chi connectivity index (χ0v) is 15.6. The van der Waals surface area contributed by atoms with E-state index in [9.17, 15) is 13.8 Å². The second kappa shape index (κ2) is 9.76. The Labute approximate surface area is 154 Å². The molecule has 0 saturated heterocycles. The van der Waals surface area contributed by atoms with Crippen LogP contribution in [0.4, 0.5) is 5.69 Å². The quantitative estimate of drug-likeness (QED) is 0.696. The Hall–Kier alpha value is -2.61. The minimum absolute atomic E-state index is 0.0827. The number of carbonyl (C=O) groups excluding carboxylic acids is 1. The molecule has 1 aromatic carbocycles. The van der Waals surface area contributed by atoms with Gasteiger partial charge >= 0.3 is 0 Å². The maximum absolute atomic E-state index is 12.2. The van der Waals surface area contributed by atoms with E-state index >= 15 is 0 Å². The molecule has 0 bridgehead atoms. The van der Waals surface area contributed by atoms with Crippen LogP contribution < -0.4 is 20.2 Å². The molecule has 1 amide bonds. The third kappa shape index (κ3) is 6.03. The van der Waals surface area contributed by atoms with Crippen molar-refractivity contribution in [1.82, 2.24) is 4.98 Å². The van der Waals surface area contributed by atoms with E-state index in [4.69, 9.17) is 9.47 Å². The Bertz CT molecular complexity index is 817. The minimum Gasteiger partial charge on any atom is -0.497 e. The molecule has 7 nitrogen and oxygen atoms in total. The van der Waals surface area contributed by atoms with E-state index in [-0.39, 0.29) is 28.6 Å².